The van der Waals surface area contributed by atoms with Gasteiger partial charge in [-0.15, -0.1) is 0 Å². The van der Waals surface area contributed by atoms with Crippen LogP contribution in [0.15, 0.2) is 24.3 Å². The van der Waals surface area contributed by atoms with Gasteiger partial charge in [-0.05, 0) is 11.6 Å². The largest absolute Gasteiger partial charge is 0.381 e. The Bertz CT molecular complexity index is 334. The highest BCUT2D eigenvalue weighted by molar-refractivity contribution is 6.31. The lowest BCUT2D eigenvalue weighted by atomic mass is 9.89. The molecular formula is C12H14ClFO. The number of hydrogen-bond acceptors (Lipinski definition) is 1. The second-order valence-electron chi connectivity index (χ2n) is 4.03. The first-order chi connectivity index (χ1) is 7.20. The minimum absolute atomic E-state index is 0.399. The molecule has 1 nitrogen and oxygen atoms in total. The maximum Gasteiger partial charge on any atom is 0.119 e. The molecule has 0 unspecified atom stereocenters. The average molecular weight is 229 g/mol. The molecule has 1 aromatic carbocycles. The Hall–Kier alpha value is -0.600. The van der Waals surface area contributed by atoms with Crippen LogP contribution in [0, 0.1) is 0 Å². The molecule has 1 aliphatic heterocycles. The molecule has 0 saturated carbocycles. The second-order valence-corrected chi connectivity index (χ2v) is 4.44. The van der Waals surface area contributed by atoms with E-state index in [2.05, 4.69) is 0 Å². The van der Waals surface area contributed by atoms with Crippen molar-refractivity contribution in [2.24, 2.45) is 0 Å². The summed E-state index contributed by atoms with van der Waals surface area (Å²) in [4.78, 5) is 0. The highest BCUT2D eigenvalue weighted by atomic mass is 35.5. The molecule has 15 heavy (non-hydrogen) atoms. The molecule has 0 aromatic heterocycles. The summed E-state index contributed by atoms with van der Waals surface area (Å²) in [6, 6.07) is 7.45. The number of hydrogen-bond donors (Lipinski definition) is 0. The summed E-state index contributed by atoms with van der Waals surface area (Å²) in [6.07, 6.45) is 1.34. The number of ether oxygens (including phenoxy) is 1. The van der Waals surface area contributed by atoms with Crippen molar-refractivity contribution < 1.29 is 9.13 Å². The Labute approximate surface area is 94.2 Å². The zero-order valence-electron chi connectivity index (χ0n) is 8.51. The lowest BCUT2D eigenvalue weighted by Crippen LogP contribution is -2.33. The fourth-order valence-corrected chi connectivity index (χ4v) is 2.10. The van der Waals surface area contributed by atoms with Gasteiger partial charge in [-0.3, -0.25) is 0 Å². The first-order valence-electron chi connectivity index (χ1n) is 5.20. The predicted molar refractivity (Wildman–Crippen MR) is 59.0 cm³/mol. The van der Waals surface area contributed by atoms with Crippen LogP contribution in [-0.4, -0.2) is 18.9 Å². The van der Waals surface area contributed by atoms with E-state index >= 15 is 0 Å². The van der Waals surface area contributed by atoms with Crippen LogP contribution < -0.4 is 0 Å². The van der Waals surface area contributed by atoms with Gasteiger partial charge in [0.1, 0.15) is 5.67 Å². The predicted octanol–water partition coefficient (Wildman–Crippen LogP) is 3.40. The molecule has 0 atom stereocenters. The summed E-state index contributed by atoms with van der Waals surface area (Å²) >= 11 is 6.01. The van der Waals surface area contributed by atoms with E-state index in [9.17, 15) is 4.39 Å². The van der Waals surface area contributed by atoms with Crippen molar-refractivity contribution in [1.29, 1.82) is 0 Å². The molecule has 0 spiro atoms. The normalized spacial score (nSPS) is 20.1. The zero-order valence-corrected chi connectivity index (χ0v) is 9.27. The van der Waals surface area contributed by atoms with Gasteiger partial charge in [0.15, 0.2) is 0 Å². The van der Waals surface area contributed by atoms with Gasteiger partial charge in [0, 0.05) is 37.5 Å². The Balaban J connectivity index is 2.10. The van der Waals surface area contributed by atoms with Crippen molar-refractivity contribution in [3.63, 3.8) is 0 Å². The van der Waals surface area contributed by atoms with Gasteiger partial charge in [0.05, 0.1) is 0 Å². The molecular weight excluding hydrogens is 215 g/mol. The summed E-state index contributed by atoms with van der Waals surface area (Å²) in [5.74, 6) is 0. The van der Waals surface area contributed by atoms with E-state index in [0.29, 0.717) is 37.5 Å². The molecule has 0 N–H and O–H groups in total. The van der Waals surface area contributed by atoms with E-state index < -0.39 is 5.67 Å². The molecule has 0 aliphatic carbocycles. The van der Waals surface area contributed by atoms with Crippen LogP contribution >= 0.6 is 11.6 Å². The van der Waals surface area contributed by atoms with Crippen molar-refractivity contribution >= 4 is 11.6 Å². The van der Waals surface area contributed by atoms with Crippen molar-refractivity contribution in [3.8, 4) is 0 Å². The number of rotatable bonds is 2. The summed E-state index contributed by atoms with van der Waals surface area (Å²) in [7, 11) is 0. The third kappa shape index (κ3) is 2.70. The molecule has 0 amide bonds. The number of benzene rings is 1. The molecule has 1 fully saturated rings. The molecule has 1 saturated heterocycles. The lowest BCUT2D eigenvalue weighted by Gasteiger charge is -2.29. The van der Waals surface area contributed by atoms with Crippen molar-refractivity contribution in [2.75, 3.05) is 13.2 Å². The molecule has 0 radical (unpaired) electrons. The third-order valence-corrected chi connectivity index (χ3v) is 3.22. The quantitative estimate of drug-likeness (QED) is 0.754. The van der Waals surface area contributed by atoms with E-state index in [1.165, 1.54) is 0 Å². The molecule has 2 rings (SSSR count). The van der Waals surface area contributed by atoms with Crippen LogP contribution in [0.3, 0.4) is 0 Å². The van der Waals surface area contributed by atoms with Gasteiger partial charge < -0.3 is 4.74 Å². The topological polar surface area (TPSA) is 9.23 Å². The van der Waals surface area contributed by atoms with E-state index in [4.69, 9.17) is 16.3 Å². The minimum Gasteiger partial charge on any atom is -0.381 e. The van der Waals surface area contributed by atoms with Gasteiger partial charge in [-0.2, -0.15) is 0 Å². The molecule has 0 bridgehead atoms. The first kappa shape index (κ1) is 10.9. The Kier molecular flexibility index (Phi) is 3.27. The molecule has 3 heteroatoms. The fraction of sp³-hybridized carbons (Fsp3) is 0.500. The van der Waals surface area contributed by atoms with Crippen molar-refractivity contribution in [1.82, 2.24) is 0 Å². The maximum absolute atomic E-state index is 14.3. The standard InChI is InChI=1S/C12H14ClFO/c13-11-4-2-1-3-10(11)9-12(14)5-7-15-8-6-12/h1-4H,5-9H2. The minimum atomic E-state index is -1.14. The fourth-order valence-electron chi connectivity index (χ4n) is 1.90. The van der Waals surface area contributed by atoms with Crippen LogP contribution in [0.1, 0.15) is 18.4 Å². The van der Waals surface area contributed by atoms with Gasteiger partial charge in [0.25, 0.3) is 0 Å². The van der Waals surface area contributed by atoms with Crippen LogP contribution in [-0.2, 0) is 11.2 Å². The summed E-state index contributed by atoms with van der Waals surface area (Å²) in [6.45, 7) is 1.03. The van der Waals surface area contributed by atoms with Gasteiger partial charge in [0.2, 0.25) is 0 Å². The number of halogens is 2. The van der Waals surface area contributed by atoms with Gasteiger partial charge >= 0.3 is 0 Å². The van der Waals surface area contributed by atoms with E-state index in [-0.39, 0.29) is 0 Å². The van der Waals surface area contributed by atoms with E-state index in [0.717, 1.165) is 5.56 Å². The van der Waals surface area contributed by atoms with Crippen LogP contribution in [0.2, 0.25) is 5.02 Å². The van der Waals surface area contributed by atoms with Crippen molar-refractivity contribution in [2.45, 2.75) is 24.9 Å². The Morgan fingerprint density at radius 2 is 1.93 bits per heavy atom. The molecule has 1 heterocycles. The van der Waals surface area contributed by atoms with Crippen LogP contribution in [0.25, 0.3) is 0 Å². The van der Waals surface area contributed by atoms with E-state index in [1.807, 2.05) is 18.2 Å². The SMILES string of the molecule is FC1(Cc2ccccc2Cl)CCOCC1. The van der Waals surface area contributed by atoms with Crippen LogP contribution in [0.4, 0.5) is 4.39 Å². The molecule has 82 valence electrons. The van der Waals surface area contributed by atoms with E-state index in [1.54, 1.807) is 6.07 Å². The smallest absolute Gasteiger partial charge is 0.119 e. The highest BCUT2D eigenvalue weighted by Gasteiger charge is 2.32. The maximum atomic E-state index is 14.3. The Morgan fingerprint density at radius 1 is 1.27 bits per heavy atom. The van der Waals surface area contributed by atoms with Crippen molar-refractivity contribution in [3.05, 3.63) is 34.9 Å². The molecule has 1 aliphatic rings. The summed E-state index contributed by atoms with van der Waals surface area (Å²) in [5.41, 5.74) is -0.243. The average Bonchev–Trinajstić information content (AvgIpc) is 2.22. The monoisotopic (exact) mass is 228 g/mol. The third-order valence-electron chi connectivity index (χ3n) is 2.85. The van der Waals surface area contributed by atoms with Gasteiger partial charge in [-0.1, -0.05) is 29.8 Å². The van der Waals surface area contributed by atoms with Crippen LogP contribution in [0.5, 0.6) is 0 Å². The summed E-state index contributed by atoms with van der Waals surface area (Å²) < 4.78 is 19.5. The lowest BCUT2D eigenvalue weighted by molar-refractivity contribution is -0.00815. The number of alkyl halides is 1. The Morgan fingerprint density at radius 3 is 2.60 bits per heavy atom. The second kappa shape index (κ2) is 4.50. The summed E-state index contributed by atoms with van der Waals surface area (Å²) in [5, 5.41) is 0.654. The molecule has 1 aromatic rings. The first-order valence-corrected chi connectivity index (χ1v) is 5.57. The zero-order chi connectivity index (χ0) is 10.7. The van der Waals surface area contributed by atoms with Gasteiger partial charge in [-0.25, -0.2) is 4.39 Å². The highest BCUT2D eigenvalue weighted by Crippen LogP contribution is 2.31.